The highest BCUT2D eigenvalue weighted by Crippen LogP contribution is 2.13. The van der Waals surface area contributed by atoms with Gasteiger partial charge in [0.25, 0.3) is 0 Å². The summed E-state index contributed by atoms with van der Waals surface area (Å²) in [6, 6.07) is 0. The first-order chi connectivity index (χ1) is 10.1. The first-order valence-electron chi connectivity index (χ1n) is 6.63. The second-order valence-corrected chi connectivity index (χ2v) is 5.28. The highest BCUT2D eigenvalue weighted by Gasteiger charge is 2.22. The number of thioether (sulfide) groups is 1. The maximum atomic E-state index is 11.5. The number of carboxylic acids is 1. The minimum atomic E-state index is -0.994. The average Bonchev–Trinajstić information content (AvgIpc) is 2.45. The Labute approximate surface area is 129 Å². The summed E-state index contributed by atoms with van der Waals surface area (Å²) in [5, 5.41) is 9.07. The van der Waals surface area contributed by atoms with Crippen LogP contribution in [0.2, 0.25) is 0 Å². The number of carboxylic acid groups (broad SMARTS) is 1. The summed E-state index contributed by atoms with van der Waals surface area (Å²) in [6.45, 7) is 2.03. The highest BCUT2D eigenvalue weighted by molar-refractivity contribution is 7.99. The number of carbonyl (C=O) groups is 2. The number of aliphatic carboxylic acids is 1. The van der Waals surface area contributed by atoms with E-state index in [0.29, 0.717) is 37.9 Å². The van der Waals surface area contributed by atoms with Gasteiger partial charge >= 0.3 is 11.9 Å². The molecule has 0 radical (unpaired) electrons. The lowest BCUT2D eigenvalue weighted by atomic mass is 10.1. The lowest BCUT2D eigenvalue weighted by molar-refractivity contribution is -0.151. The van der Waals surface area contributed by atoms with E-state index < -0.39 is 17.9 Å². The van der Waals surface area contributed by atoms with Gasteiger partial charge in [0.1, 0.15) is 6.61 Å². The van der Waals surface area contributed by atoms with Gasteiger partial charge in [-0.05, 0) is 0 Å². The minimum Gasteiger partial charge on any atom is -0.481 e. The van der Waals surface area contributed by atoms with Crippen molar-refractivity contribution in [2.75, 3.05) is 58.8 Å². The third-order valence-corrected chi connectivity index (χ3v) is 3.53. The molecule has 0 saturated carbocycles. The largest absolute Gasteiger partial charge is 0.481 e. The first-order valence-corrected chi connectivity index (χ1v) is 7.79. The molecule has 0 aliphatic heterocycles. The quantitative estimate of drug-likeness (QED) is 0.368. The maximum absolute atomic E-state index is 11.5. The fourth-order valence-electron chi connectivity index (χ4n) is 1.30. The molecule has 0 aliphatic carbocycles. The molecule has 0 amide bonds. The molecule has 0 saturated heterocycles. The Kier molecular flexibility index (Phi) is 13.6. The van der Waals surface area contributed by atoms with E-state index in [1.54, 1.807) is 7.11 Å². The van der Waals surface area contributed by atoms with Gasteiger partial charge in [0, 0.05) is 25.7 Å². The molecule has 0 spiro atoms. The van der Waals surface area contributed by atoms with E-state index >= 15 is 0 Å². The summed E-state index contributed by atoms with van der Waals surface area (Å²) in [5.41, 5.74) is 0. The Morgan fingerprint density at radius 1 is 1.05 bits per heavy atom. The number of methoxy groups -OCH3 is 2. The molecule has 7 nitrogen and oxygen atoms in total. The van der Waals surface area contributed by atoms with E-state index in [-0.39, 0.29) is 13.0 Å². The summed E-state index contributed by atoms with van der Waals surface area (Å²) >= 11 is 1.44. The van der Waals surface area contributed by atoms with Crippen molar-refractivity contribution in [3.05, 3.63) is 0 Å². The molecule has 0 aromatic rings. The zero-order valence-electron chi connectivity index (χ0n) is 12.5. The lowest BCUT2D eigenvalue weighted by Gasteiger charge is -2.11. The van der Waals surface area contributed by atoms with Crippen LogP contribution in [0.5, 0.6) is 0 Å². The highest BCUT2D eigenvalue weighted by atomic mass is 32.2. The average molecular weight is 324 g/mol. The Hall–Kier alpha value is -0.830. The molecule has 0 aliphatic rings. The number of hydrogen-bond acceptors (Lipinski definition) is 7. The molecule has 0 aromatic carbocycles. The van der Waals surface area contributed by atoms with Gasteiger partial charge in [-0.25, -0.2) is 0 Å². The second-order valence-electron chi connectivity index (χ2n) is 4.13. The van der Waals surface area contributed by atoms with E-state index in [2.05, 4.69) is 0 Å². The topological polar surface area (TPSA) is 91.3 Å². The monoisotopic (exact) mass is 324 g/mol. The summed E-state index contributed by atoms with van der Waals surface area (Å²) in [7, 11) is 3.10. The van der Waals surface area contributed by atoms with Crippen molar-refractivity contribution in [3.63, 3.8) is 0 Å². The standard InChI is InChI=1S/C13H24O7S/c1-17-3-5-19-7-8-21-10-11(13(15)16)9-12(14)20-6-4-18-2/h11H,3-10H2,1-2H3,(H,15,16)/t11-/m0/s1. The molecule has 1 atom stereocenters. The van der Waals surface area contributed by atoms with Crippen molar-refractivity contribution in [2.45, 2.75) is 6.42 Å². The minimum absolute atomic E-state index is 0.128. The molecule has 21 heavy (non-hydrogen) atoms. The Balaban J connectivity index is 3.76. The van der Waals surface area contributed by atoms with Crippen LogP contribution in [0, 0.1) is 5.92 Å². The fraction of sp³-hybridized carbons (Fsp3) is 0.846. The van der Waals surface area contributed by atoms with Crippen molar-refractivity contribution in [2.24, 2.45) is 5.92 Å². The maximum Gasteiger partial charge on any atom is 0.307 e. The predicted octanol–water partition coefficient (Wildman–Crippen LogP) is 0.663. The van der Waals surface area contributed by atoms with Crippen molar-refractivity contribution < 1.29 is 33.6 Å². The van der Waals surface area contributed by atoms with E-state index in [0.717, 1.165) is 0 Å². The van der Waals surface area contributed by atoms with Crippen LogP contribution in [0.3, 0.4) is 0 Å². The number of rotatable bonds is 14. The first kappa shape index (κ1) is 20.2. The van der Waals surface area contributed by atoms with E-state index in [9.17, 15) is 9.59 Å². The molecule has 8 heteroatoms. The van der Waals surface area contributed by atoms with E-state index in [1.165, 1.54) is 18.9 Å². The van der Waals surface area contributed by atoms with E-state index in [4.69, 9.17) is 24.1 Å². The van der Waals surface area contributed by atoms with E-state index in [1.807, 2.05) is 0 Å². The molecule has 124 valence electrons. The van der Waals surface area contributed by atoms with Gasteiger partial charge in [-0.1, -0.05) is 0 Å². The van der Waals surface area contributed by atoms with Gasteiger partial charge in [-0.15, -0.1) is 0 Å². The van der Waals surface area contributed by atoms with Crippen LogP contribution in [-0.4, -0.2) is 75.8 Å². The van der Waals surface area contributed by atoms with Crippen molar-refractivity contribution in [1.82, 2.24) is 0 Å². The third-order valence-electron chi connectivity index (χ3n) is 2.44. The zero-order chi connectivity index (χ0) is 15.9. The van der Waals surface area contributed by atoms with Gasteiger partial charge in [0.15, 0.2) is 0 Å². The second kappa shape index (κ2) is 14.1. The summed E-state index contributed by atoms with van der Waals surface area (Å²) in [5.74, 6) is -1.24. The van der Waals surface area contributed by atoms with Crippen LogP contribution in [0.25, 0.3) is 0 Å². The number of esters is 1. The molecular formula is C13H24O7S. The van der Waals surface area contributed by atoms with Crippen molar-refractivity contribution >= 4 is 23.7 Å². The van der Waals surface area contributed by atoms with Crippen LogP contribution in [0.4, 0.5) is 0 Å². The Bertz CT molecular complexity index is 286. The Morgan fingerprint density at radius 3 is 2.33 bits per heavy atom. The molecule has 0 bridgehead atoms. The molecule has 0 heterocycles. The molecule has 0 fully saturated rings. The van der Waals surface area contributed by atoms with Crippen LogP contribution < -0.4 is 0 Å². The Morgan fingerprint density at radius 2 is 1.71 bits per heavy atom. The molecule has 1 N–H and O–H groups in total. The number of hydrogen-bond donors (Lipinski definition) is 1. The summed E-state index contributed by atoms with van der Waals surface area (Å²) in [6.07, 6.45) is -0.128. The van der Waals surface area contributed by atoms with Crippen LogP contribution >= 0.6 is 11.8 Å². The smallest absolute Gasteiger partial charge is 0.307 e. The van der Waals surface area contributed by atoms with Crippen LogP contribution in [-0.2, 0) is 28.5 Å². The molecule has 0 aromatic heterocycles. The van der Waals surface area contributed by atoms with Gasteiger partial charge in [-0.2, -0.15) is 11.8 Å². The van der Waals surface area contributed by atoms with Crippen LogP contribution in [0.1, 0.15) is 6.42 Å². The molecule has 0 rings (SSSR count). The third kappa shape index (κ3) is 12.6. The normalized spacial score (nSPS) is 12.1. The molecular weight excluding hydrogens is 300 g/mol. The summed E-state index contributed by atoms with van der Waals surface area (Å²) in [4.78, 5) is 22.5. The fourth-order valence-corrected chi connectivity index (χ4v) is 2.25. The number of carbonyl (C=O) groups excluding carboxylic acids is 1. The lowest BCUT2D eigenvalue weighted by Crippen LogP contribution is -2.22. The zero-order valence-corrected chi connectivity index (χ0v) is 13.4. The van der Waals surface area contributed by atoms with Crippen molar-refractivity contribution in [3.8, 4) is 0 Å². The van der Waals surface area contributed by atoms with Crippen molar-refractivity contribution in [1.29, 1.82) is 0 Å². The number of ether oxygens (including phenoxy) is 4. The van der Waals surface area contributed by atoms with Gasteiger partial charge in [0.2, 0.25) is 0 Å². The SMILES string of the molecule is COCCOCCSC[C@H](CC(=O)OCCOC)C(=O)O. The summed E-state index contributed by atoms with van der Waals surface area (Å²) < 4.78 is 19.7. The van der Waals surface area contributed by atoms with Crippen LogP contribution in [0.15, 0.2) is 0 Å². The van der Waals surface area contributed by atoms with Gasteiger partial charge in [-0.3, -0.25) is 9.59 Å². The molecule has 0 unspecified atom stereocenters. The van der Waals surface area contributed by atoms with Gasteiger partial charge in [0.05, 0.1) is 38.8 Å². The van der Waals surface area contributed by atoms with Gasteiger partial charge < -0.3 is 24.1 Å². The predicted molar refractivity (Wildman–Crippen MR) is 78.6 cm³/mol.